The Labute approximate surface area is 134 Å². The summed E-state index contributed by atoms with van der Waals surface area (Å²) >= 11 is 0. The van der Waals surface area contributed by atoms with E-state index in [1.165, 1.54) is 5.56 Å². The molecule has 0 bridgehead atoms. The molecule has 1 saturated carbocycles. The minimum atomic E-state index is -0.118. The first-order valence-electron chi connectivity index (χ1n) is 7.85. The molecular formula is C18H18N4O. The average molecular weight is 306 g/mol. The lowest BCUT2D eigenvalue weighted by molar-refractivity contribution is 0.0946. The predicted octanol–water partition coefficient (Wildman–Crippen LogP) is 2.91. The number of amides is 1. The number of nitrogens with zero attached hydrogens (tertiary/aromatic N) is 3. The highest BCUT2D eigenvalue weighted by Gasteiger charge is 2.28. The SMILES string of the molecule is Cc1ccc(-c2c(C(=O)NC3CC3)nn3cccnc23)c(C)c1. The van der Waals surface area contributed by atoms with Crippen LogP contribution in [0.25, 0.3) is 16.8 Å². The van der Waals surface area contributed by atoms with E-state index < -0.39 is 0 Å². The molecule has 23 heavy (non-hydrogen) atoms. The average Bonchev–Trinajstić information content (AvgIpc) is 3.25. The number of aryl methyl sites for hydroxylation is 2. The number of hydrogen-bond donors (Lipinski definition) is 1. The summed E-state index contributed by atoms with van der Waals surface area (Å²) in [6.07, 6.45) is 5.66. The third-order valence-electron chi connectivity index (χ3n) is 4.17. The number of hydrogen-bond acceptors (Lipinski definition) is 3. The predicted molar refractivity (Wildman–Crippen MR) is 88.4 cm³/mol. The van der Waals surface area contributed by atoms with Crippen LogP contribution in [0, 0.1) is 13.8 Å². The molecule has 0 aliphatic heterocycles. The lowest BCUT2D eigenvalue weighted by Gasteiger charge is -2.08. The number of nitrogens with one attached hydrogen (secondary N) is 1. The minimum Gasteiger partial charge on any atom is -0.348 e. The van der Waals surface area contributed by atoms with E-state index >= 15 is 0 Å². The molecule has 0 radical (unpaired) electrons. The number of carbonyl (C=O) groups excluding carboxylic acids is 1. The Morgan fingerprint density at radius 1 is 1.30 bits per heavy atom. The summed E-state index contributed by atoms with van der Waals surface area (Å²) in [5, 5.41) is 7.51. The molecule has 0 unspecified atom stereocenters. The normalized spacial score (nSPS) is 14.2. The molecule has 0 spiro atoms. The van der Waals surface area contributed by atoms with Gasteiger partial charge >= 0.3 is 0 Å². The summed E-state index contributed by atoms with van der Waals surface area (Å²) in [6.45, 7) is 4.11. The third-order valence-corrected chi connectivity index (χ3v) is 4.17. The first-order chi connectivity index (χ1) is 11.1. The molecule has 1 N–H and O–H groups in total. The molecule has 1 fully saturated rings. The van der Waals surface area contributed by atoms with Crippen molar-refractivity contribution in [3.05, 3.63) is 53.5 Å². The van der Waals surface area contributed by atoms with Crippen LogP contribution < -0.4 is 5.32 Å². The Morgan fingerprint density at radius 2 is 2.13 bits per heavy atom. The fourth-order valence-corrected chi connectivity index (χ4v) is 2.87. The van der Waals surface area contributed by atoms with Crippen molar-refractivity contribution in [2.24, 2.45) is 0 Å². The van der Waals surface area contributed by atoms with Crippen molar-refractivity contribution >= 4 is 11.6 Å². The second-order valence-corrected chi connectivity index (χ2v) is 6.18. The summed E-state index contributed by atoms with van der Waals surface area (Å²) in [5.41, 5.74) is 5.28. The molecule has 1 aliphatic carbocycles. The molecule has 3 aromatic rings. The molecule has 2 aromatic heterocycles. The highest BCUT2D eigenvalue weighted by Crippen LogP contribution is 2.31. The topological polar surface area (TPSA) is 59.3 Å². The first kappa shape index (κ1) is 13.9. The Bertz CT molecular complexity index is 909. The zero-order chi connectivity index (χ0) is 16.0. The van der Waals surface area contributed by atoms with E-state index in [0.717, 1.165) is 29.5 Å². The van der Waals surface area contributed by atoms with Crippen molar-refractivity contribution in [2.45, 2.75) is 32.7 Å². The van der Waals surface area contributed by atoms with E-state index in [0.29, 0.717) is 17.4 Å². The zero-order valence-electron chi connectivity index (χ0n) is 13.2. The van der Waals surface area contributed by atoms with Gasteiger partial charge in [0.1, 0.15) is 0 Å². The second-order valence-electron chi connectivity index (χ2n) is 6.18. The van der Waals surface area contributed by atoms with E-state index in [9.17, 15) is 4.79 Å². The van der Waals surface area contributed by atoms with Crippen molar-refractivity contribution in [3.8, 4) is 11.1 Å². The van der Waals surface area contributed by atoms with Gasteiger partial charge in [-0.25, -0.2) is 9.50 Å². The van der Waals surface area contributed by atoms with Crippen LogP contribution in [-0.2, 0) is 0 Å². The third kappa shape index (κ3) is 2.48. The highest BCUT2D eigenvalue weighted by atomic mass is 16.2. The van der Waals surface area contributed by atoms with Gasteiger partial charge in [-0.2, -0.15) is 5.10 Å². The van der Waals surface area contributed by atoms with Crippen LogP contribution in [0.1, 0.15) is 34.5 Å². The number of carbonyl (C=O) groups is 1. The van der Waals surface area contributed by atoms with Gasteiger partial charge in [0.2, 0.25) is 0 Å². The monoisotopic (exact) mass is 306 g/mol. The molecule has 0 atom stereocenters. The molecule has 1 aliphatic rings. The van der Waals surface area contributed by atoms with E-state index in [4.69, 9.17) is 0 Å². The maximum atomic E-state index is 12.6. The second kappa shape index (κ2) is 5.19. The smallest absolute Gasteiger partial charge is 0.272 e. The molecule has 5 heteroatoms. The Balaban J connectivity index is 1.93. The van der Waals surface area contributed by atoms with Crippen molar-refractivity contribution in [1.29, 1.82) is 0 Å². The number of fused-ring (bicyclic) bond motifs is 1. The van der Waals surface area contributed by atoms with Crippen molar-refractivity contribution in [2.75, 3.05) is 0 Å². The zero-order valence-corrected chi connectivity index (χ0v) is 13.2. The van der Waals surface area contributed by atoms with E-state index in [1.807, 2.05) is 18.3 Å². The van der Waals surface area contributed by atoms with Crippen molar-refractivity contribution in [3.63, 3.8) is 0 Å². The molecule has 2 heterocycles. The maximum absolute atomic E-state index is 12.6. The Morgan fingerprint density at radius 3 is 2.87 bits per heavy atom. The van der Waals surface area contributed by atoms with Crippen LogP contribution in [-0.4, -0.2) is 26.5 Å². The fraction of sp³-hybridized carbons (Fsp3) is 0.278. The number of rotatable bonds is 3. The summed E-state index contributed by atoms with van der Waals surface area (Å²) in [5.74, 6) is -0.118. The van der Waals surface area contributed by atoms with Gasteiger partial charge in [0, 0.05) is 18.4 Å². The van der Waals surface area contributed by atoms with Gasteiger partial charge in [0.05, 0.1) is 5.56 Å². The summed E-state index contributed by atoms with van der Waals surface area (Å²) < 4.78 is 1.68. The Kier molecular flexibility index (Phi) is 3.15. The van der Waals surface area contributed by atoms with Gasteiger partial charge in [-0.15, -0.1) is 0 Å². The van der Waals surface area contributed by atoms with Gasteiger partial charge in [0.25, 0.3) is 5.91 Å². The lowest BCUT2D eigenvalue weighted by Crippen LogP contribution is -2.26. The van der Waals surface area contributed by atoms with E-state index in [-0.39, 0.29) is 5.91 Å². The molecule has 4 rings (SSSR count). The quantitative estimate of drug-likeness (QED) is 0.809. The van der Waals surface area contributed by atoms with Crippen LogP contribution in [0.4, 0.5) is 0 Å². The van der Waals surface area contributed by atoms with Crippen LogP contribution >= 0.6 is 0 Å². The molecule has 1 aromatic carbocycles. The standard InChI is InChI=1S/C18H18N4O/c1-11-4-7-14(12(2)10-11)15-16(18(23)20-13-5-6-13)21-22-9-3-8-19-17(15)22/h3-4,7-10,13H,5-6H2,1-2H3,(H,20,23). The molecule has 0 saturated heterocycles. The first-order valence-corrected chi connectivity index (χ1v) is 7.85. The summed E-state index contributed by atoms with van der Waals surface area (Å²) in [4.78, 5) is 17.1. The van der Waals surface area contributed by atoms with Crippen molar-refractivity contribution < 1.29 is 4.79 Å². The van der Waals surface area contributed by atoms with Gasteiger partial charge in [-0.3, -0.25) is 4.79 Å². The van der Waals surface area contributed by atoms with Crippen LogP contribution in [0.5, 0.6) is 0 Å². The molecule has 5 nitrogen and oxygen atoms in total. The molecule has 116 valence electrons. The lowest BCUT2D eigenvalue weighted by atomic mass is 9.98. The number of aromatic nitrogens is 3. The van der Waals surface area contributed by atoms with Gasteiger partial charge in [0.15, 0.2) is 11.3 Å². The minimum absolute atomic E-state index is 0.118. The van der Waals surface area contributed by atoms with Gasteiger partial charge < -0.3 is 5.32 Å². The van der Waals surface area contributed by atoms with E-state index in [2.05, 4.69) is 41.4 Å². The summed E-state index contributed by atoms with van der Waals surface area (Å²) in [6, 6.07) is 8.33. The van der Waals surface area contributed by atoms with E-state index in [1.54, 1.807) is 10.7 Å². The van der Waals surface area contributed by atoms with Crippen molar-refractivity contribution in [1.82, 2.24) is 19.9 Å². The molecule has 1 amide bonds. The largest absolute Gasteiger partial charge is 0.348 e. The van der Waals surface area contributed by atoms with Crippen LogP contribution in [0.2, 0.25) is 0 Å². The highest BCUT2D eigenvalue weighted by molar-refractivity contribution is 6.03. The molecular weight excluding hydrogens is 288 g/mol. The fourth-order valence-electron chi connectivity index (χ4n) is 2.87. The van der Waals surface area contributed by atoms with Crippen LogP contribution in [0.15, 0.2) is 36.7 Å². The number of benzene rings is 1. The summed E-state index contributed by atoms with van der Waals surface area (Å²) in [7, 11) is 0. The van der Waals surface area contributed by atoms with Gasteiger partial charge in [-0.1, -0.05) is 23.8 Å². The van der Waals surface area contributed by atoms with Crippen LogP contribution in [0.3, 0.4) is 0 Å². The van der Waals surface area contributed by atoms with Gasteiger partial charge in [-0.05, 0) is 43.9 Å². The maximum Gasteiger partial charge on any atom is 0.272 e. The Hall–Kier alpha value is -2.69.